The lowest BCUT2D eigenvalue weighted by atomic mass is 10.1. The minimum Gasteiger partial charge on any atom is -0.482 e. The van der Waals surface area contributed by atoms with Crippen LogP contribution in [-0.4, -0.2) is 19.6 Å². The number of ether oxygens (including phenoxy) is 1. The van der Waals surface area contributed by atoms with Gasteiger partial charge in [-0.15, -0.1) is 0 Å². The van der Waals surface area contributed by atoms with Crippen LogP contribution in [0.25, 0.3) is 0 Å². The third-order valence-electron chi connectivity index (χ3n) is 2.12. The number of hydrogen-bond acceptors (Lipinski definition) is 3. The summed E-state index contributed by atoms with van der Waals surface area (Å²) in [6.07, 6.45) is 0. The predicted octanol–water partition coefficient (Wildman–Crippen LogP) is 1.48. The predicted molar refractivity (Wildman–Crippen MR) is 63.6 cm³/mol. The summed E-state index contributed by atoms with van der Waals surface area (Å²) < 4.78 is 5.24. The van der Waals surface area contributed by atoms with Crippen LogP contribution in [0.2, 0.25) is 5.02 Å². The van der Waals surface area contributed by atoms with Gasteiger partial charge in [0.05, 0.1) is 5.02 Å². The van der Waals surface area contributed by atoms with Gasteiger partial charge in [0.2, 0.25) is 0 Å². The molecule has 5 heteroatoms. The van der Waals surface area contributed by atoms with E-state index in [2.05, 4.69) is 5.32 Å². The molecule has 0 aliphatic rings. The van der Waals surface area contributed by atoms with Crippen LogP contribution in [0.1, 0.15) is 18.5 Å². The van der Waals surface area contributed by atoms with Crippen LogP contribution >= 0.6 is 11.6 Å². The Balaban J connectivity index is 2.72. The first kappa shape index (κ1) is 12.8. The second kappa shape index (κ2) is 5.72. The number of hydrogen-bond donors (Lipinski definition) is 2. The molecule has 0 radical (unpaired) electrons. The van der Waals surface area contributed by atoms with E-state index < -0.39 is 0 Å². The largest absolute Gasteiger partial charge is 0.482 e. The van der Waals surface area contributed by atoms with Gasteiger partial charge in [-0.1, -0.05) is 17.7 Å². The van der Waals surface area contributed by atoms with E-state index in [0.717, 1.165) is 5.56 Å². The molecule has 0 heterocycles. The zero-order chi connectivity index (χ0) is 12.1. The summed E-state index contributed by atoms with van der Waals surface area (Å²) in [5, 5.41) is 2.91. The smallest absolute Gasteiger partial charge is 0.257 e. The Hall–Kier alpha value is -1.26. The first-order chi connectivity index (χ1) is 7.54. The van der Waals surface area contributed by atoms with Crippen LogP contribution in [-0.2, 0) is 4.79 Å². The molecule has 0 aromatic heterocycles. The maximum atomic E-state index is 11.0. The average Bonchev–Trinajstić information content (AvgIpc) is 2.26. The highest BCUT2D eigenvalue weighted by atomic mass is 35.5. The molecule has 4 nitrogen and oxygen atoms in total. The summed E-state index contributed by atoms with van der Waals surface area (Å²) in [5.41, 5.74) is 6.64. The summed E-state index contributed by atoms with van der Waals surface area (Å²) >= 11 is 5.99. The van der Waals surface area contributed by atoms with Gasteiger partial charge in [0.25, 0.3) is 5.91 Å². The average molecular weight is 243 g/mol. The fraction of sp³-hybridized carbons (Fsp3) is 0.364. The topological polar surface area (TPSA) is 64.3 Å². The number of carbonyl (C=O) groups is 1. The van der Waals surface area contributed by atoms with Crippen LogP contribution in [0.15, 0.2) is 18.2 Å². The first-order valence-corrected chi connectivity index (χ1v) is 5.30. The normalized spacial score (nSPS) is 12.0. The standard InChI is InChI=1S/C11H15ClN2O2/c1-7(13)8-3-4-10(9(12)5-8)16-6-11(15)14-2/h3-5,7H,6,13H2,1-2H3,(H,14,15)/t7-/m1/s1. The third-order valence-corrected chi connectivity index (χ3v) is 2.41. The Morgan fingerprint density at radius 2 is 2.31 bits per heavy atom. The molecule has 0 aliphatic heterocycles. The fourth-order valence-electron chi connectivity index (χ4n) is 1.13. The number of benzene rings is 1. The van der Waals surface area contributed by atoms with E-state index in [-0.39, 0.29) is 18.6 Å². The zero-order valence-corrected chi connectivity index (χ0v) is 10.0. The van der Waals surface area contributed by atoms with Gasteiger partial charge < -0.3 is 15.8 Å². The first-order valence-electron chi connectivity index (χ1n) is 4.93. The number of rotatable bonds is 4. The SMILES string of the molecule is CNC(=O)COc1ccc([C@@H](C)N)cc1Cl. The van der Waals surface area contributed by atoms with Crippen molar-refractivity contribution in [1.82, 2.24) is 5.32 Å². The molecule has 1 atom stereocenters. The van der Waals surface area contributed by atoms with Crippen molar-refractivity contribution in [2.24, 2.45) is 5.73 Å². The molecule has 0 fully saturated rings. The quantitative estimate of drug-likeness (QED) is 0.841. The lowest BCUT2D eigenvalue weighted by Crippen LogP contribution is -2.24. The van der Waals surface area contributed by atoms with E-state index >= 15 is 0 Å². The summed E-state index contributed by atoms with van der Waals surface area (Å²) in [5.74, 6) is 0.280. The molecule has 0 saturated heterocycles. The Labute approximate surface area is 99.7 Å². The number of nitrogens with two attached hydrogens (primary N) is 1. The maximum Gasteiger partial charge on any atom is 0.257 e. The molecule has 0 unspecified atom stereocenters. The summed E-state index contributed by atoms with van der Waals surface area (Å²) in [6.45, 7) is 1.82. The van der Waals surface area contributed by atoms with Gasteiger partial charge in [-0.2, -0.15) is 0 Å². The van der Waals surface area contributed by atoms with Crippen molar-refractivity contribution < 1.29 is 9.53 Å². The molecule has 1 amide bonds. The van der Waals surface area contributed by atoms with Gasteiger partial charge in [-0.05, 0) is 24.6 Å². The van der Waals surface area contributed by atoms with Crippen LogP contribution in [0.3, 0.4) is 0 Å². The molecule has 1 aromatic carbocycles. The number of amides is 1. The molecule has 1 rings (SSSR count). The fourth-order valence-corrected chi connectivity index (χ4v) is 1.38. The van der Waals surface area contributed by atoms with Crippen molar-refractivity contribution in [1.29, 1.82) is 0 Å². The molecule has 0 bridgehead atoms. The third kappa shape index (κ3) is 3.40. The molecule has 0 spiro atoms. The van der Waals surface area contributed by atoms with Crippen molar-refractivity contribution >= 4 is 17.5 Å². The van der Waals surface area contributed by atoms with Crippen molar-refractivity contribution in [3.05, 3.63) is 28.8 Å². The van der Waals surface area contributed by atoms with Crippen molar-refractivity contribution in [3.8, 4) is 5.75 Å². The number of likely N-dealkylation sites (N-methyl/N-ethyl adjacent to an activating group) is 1. The van der Waals surface area contributed by atoms with E-state index in [1.165, 1.54) is 0 Å². The van der Waals surface area contributed by atoms with Crippen molar-refractivity contribution in [3.63, 3.8) is 0 Å². The zero-order valence-electron chi connectivity index (χ0n) is 9.29. The minimum absolute atomic E-state index is 0.0479. The van der Waals surface area contributed by atoms with Gasteiger partial charge in [0.15, 0.2) is 6.61 Å². The highest BCUT2D eigenvalue weighted by Gasteiger charge is 2.07. The van der Waals surface area contributed by atoms with Gasteiger partial charge in [-0.25, -0.2) is 0 Å². The Kier molecular flexibility index (Phi) is 4.58. The summed E-state index contributed by atoms with van der Waals surface area (Å²) in [7, 11) is 1.55. The monoisotopic (exact) mass is 242 g/mol. The Morgan fingerprint density at radius 1 is 1.62 bits per heavy atom. The molecule has 1 aromatic rings. The van der Waals surface area contributed by atoms with Crippen LogP contribution in [0, 0.1) is 0 Å². The molecule has 16 heavy (non-hydrogen) atoms. The van der Waals surface area contributed by atoms with E-state index in [1.807, 2.05) is 13.0 Å². The van der Waals surface area contributed by atoms with Crippen LogP contribution in [0.5, 0.6) is 5.75 Å². The van der Waals surface area contributed by atoms with Gasteiger partial charge in [0, 0.05) is 13.1 Å². The molecule has 0 saturated carbocycles. The minimum atomic E-state index is -0.202. The summed E-state index contributed by atoms with van der Waals surface area (Å²) in [4.78, 5) is 11.0. The van der Waals surface area contributed by atoms with E-state index in [0.29, 0.717) is 10.8 Å². The lowest BCUT2D eigenvalue weighted by Gasteiger charge is -2.10. The second-order valence-corrected chi connectivity index (χ2v) is 3.85. The highest BCUT2D eigenvalue weighted by molar-refractivity contribution is 6.32. The maximum absolute atomic E-state index is 11.0. The van der Waals surface area contributed by atoms with Gasteiger partial charge in [0.1, 0.15) is 5.75 Å². The van der Waals surface area contributed by atoms with Crippen molar-refractivity contribution in [2.45, 2.75) is 13.0 Å². The molecule has 3 N–H and O–H groups in total. The Bertz CT molecular complexity index is 380. The van der Waals surface area contributed by atoms with E-state index in [4.69, 9.17) is 22.1 Å². The highest BCUT2D eigenvalue weighted by Crippen LogP contribution is 2.27. The van der Waals surface area contributed by atoms with Gasteiger partial charge in [-0.3, -0.25) is 4.79 Å². The number of halogens is 1. The number of carbonyl (C=O) groups excluding carboxylic acids is 1. The second-order valence-electron chi connectivity index (χ2n) is 3.44. The Morgan fingerprint density at radius 3 is 2.81 bits per heavy atom. The van der Waals surface area contributed by atoms with Crippen LogP contribution in [0.4, 0.5) is 0 Å². The van der Waals surface area contributed by atoms with Crippen molar-refractivity contribution in [2.75, 3.05) is 13.7 Å². The van der Waals surface area contributed by atoms with E-state index in [9.17, 15) is 4.79 Å². The molecule has 0 aliphatic carbocycles. The molecule has 88 valence electrons. The van der Waals surface area contributed by atoms with Gasteiger partial charge >= 0.3 is 0 Å². The number of nitrogens with one attached hydrogen (secondary N) is 1. The van der Waals surface area contributed by atoms with E-state index in [1.54, 1.807) is 19.2 Å². The summed E-state index contributed by atoms with van der Waals surface area (Å²) in [6, 6.07) is 5.20. The lowest BCUT2D eigenvalue weighted by molar-refractivity contribution is -0.122. The van der Waals surface area contributed by atoms with Crippen LogP contribution < -0.4 is 15.8 Å². The molecular weight excluding hydrogens is 228 g/mol. The molecular formula is C11H15ClN2O2.